The van der Waals surface area contributed by atoms with Crippen molar-refractivity contribution in [2.24, 2.45) is 5.92 Å². The molecule has 1 heterocycles. The minimum atomic E-state index is -0.475. The highest BCUT2D eigenvalue weighted by Crippen LogP contribution is 2.41. The first-order chi connectivity index (χ1) is 16.6. The van der Waals surface area contributed by atoms with Crippen LogP contribution in [0.3, 0.4) is 0 Å². The Morgan fingerprint density at radius 2 is 1.86 bits per heavy atom. The van der Waals surface area contributed by atoms with Gasteiger partial charge in [-0.25, -0.2) is 8.78 Å². The van der Waals surface area contributed by atoms with Gasteiger partial charge >= 0.3 is 0 Å². The predicted molar refractivity (Wildman–Crippen MR) is 144 cm³/mol. The van der Waals surface area contributed by atoms with Crippen LogP contribution in [0.1, 0.15) is 65.0 Å². The van der Waals surface area contributed by atoms with Crippen molar-refractivity contribution in [1.82, 2.24) is 4.90 Å². The fourth-order valence-corrected chi connectivity index (χ4v) is 4.61. The molecule has 0 aromatic heterocycles. The summed E-state index contributed by atoms with van der Waals surface area (Å²) < 4.78 is 35.1. The van der Waals surface area contributed by atoms with Gasteiger partial charge in [0, 0.05) is 30.3 Å². The van der Waals surface area contributed by atoms with Crippen LogP contribution < -0.4 is 0 Å². The van der Waals surface area contributed by atoms with Crippen LogP contribution >= 0.6 is 0 Å². The summed E-state index contributed by atoms with van der Waals surface area (Å²) in [5.74, 6) is 0.0671. The van der Waals surface area contributed by atoms with E-state index in [0.717, 1.165) is 40.2 Å². The SMILES string of the molecule is C=CC(C)C/C=C1/C(=C\C)C(c2cc(F)c(CC)c(F)c2)CN1CC(=C)/C(C)=C(OC)\C(C)=C/C. The third-order valence-corrected chi connectivity index (χ3v) is 6.98. The summed E-state index contributed by atoms with van der Waals surface area (Å²) in [6.07, 6.45) is 9.40. The van der Waals surface area contributed by atoms with Gasteiger partial charge in [-0.2, -0.15) is 0 Å². The highest BCUT2D eigenvalue weighted by atomic mass is 19.1. The van der Waals surface area contributed by atoms with E-state index in [2.05, 4.69) is 37.1 Å². The van der Waals surface area contributed by atoms with Crippen molar-refractivity contribution in [1.29, 1.82) is 0 Å². The van der Waals surface area contributed by atoms with Gasteiger partial charge in [-0.1, -0.05) is 44.7 Å². The van der Waals surface area contributed by atoms with Crippen molar-refractivity contribution < 1.29 is 13.5 Å². The van der Waals surface area contributed by atoms with E-state index in [1.807, 2.05) is 39.8 Å². The van der Waals surface area contributed by atoms with Gasteiger partial charge in [0.15, 0.2) is 0 Å². The van der Waals surface area contributed by atoms with Gasteiger partial charge < -0.3 is 9.64 Å². The molecular weight excluding hydrogens is 440 g/mol. The third-order valence-electron chi connectivity index (χ3n) is 6.98. The fraction of sp³-hybridized carbons (Fsp3) is 0.419. The number of likely N-dealkylation sites (tertiary alicyclic amines) is 1. The molecular formula is C31H41F2NO. The minimum absolute atomic E-state index is 0.128. The van der Waals surface area contributed by atoms with Crippen molar-refractivity contribution in [2.75, 3.05) is 20.2 Å². The molecule has 2 unspecified atom stereocenters. The number of methoxy groups -OCH3 is 1. The van der Waals surface area contributed by atoms with Gasteiger partial charge in [0.05, 0.1) is 7.11 Å². The van der Waals surface area contributed by atoms with Gasteiger partial charge in [-0.05, 0) is 86.4 Å². The number of rotatable bonds is 10. The number of allylic oxidation sites excluding steroid dienone is 6. The Morgan fingerprint density at radius 3 is 2.34 bits per heavy atom. The summed E-state index contributed by atoms with van der Waals surface area (Å²) in [5, 5.41) is 0. The van der Waals surface area contributed by atoms with E-state index in [4.69, 9.17) is 4.74 Å². The van der Waals surface area contributed by atoms with Crippen molar-refractivity contribution >= 4 is 0 Å². The van der Waals surface area contributed by atoms with Crippen molar-refractivity contribution in [2.45, 2.75) is 60.3 Å². The summed E-state index contributed by atoms with van der Waals surface area (Å²) in [5.41, 5.74) is 5.96. The molecule has 0 aliphatic carbocycles. The summed E-state index contributed by atoms with van der Waals surface area (Å²) in [4.78, 5) is 2.27. The highest BCUT2D eigenvalue weighted by Gasteiger charge is 2.33. The van der Waals surface area contributed by atoms with Crippen LogP contribution in [-0.2, 0) is 11.2 Å². The molecule has 2 atom stereocenters. The van der Waals surface area contributed by atoms with Crippen LogP contribution in [0.4, 0.5) is 8.78 Å². The largest absolute Gasteiger partial charge is 0.496 e. The lowest BCUT2D eigenvalue weighted by Crippen LogP contribution is -2.23. The summed E-state index contributed by atoms with van der Waals surface area (Å²) >= 11 is 0. The van der Waals surface area contributed by atoms with E-state index in [1.54, 1.807) is 14.0 Å². The maximum Gasteiger partial charge on any atom is 0.129 e. The maximum atomic E-state index is 14.7. The number of benzene rings is 1. The van der Waals surface area contributed by atoms with E-state index < -0.39 is 11.6 Å². The van der Waals surface area contributed by atoms with Gasteiger partial charge in [0.1, 0.15) is 17.4 Å². The Labute approximate surface area is 211 Å². The molecule has 1 aromatic carbocycles. The molecule has 0 radical (unpaired) electrons. The van der Waals surface area contributed by atoms with Crippen molar-refractivity contribution in [3.05, 3.63) is 106 Å². The first-order valence-electron chi connectivity index (χ1n) is 12.4. The lowest BCUT2D eigenvalue weighted by molar-refractivity contribution is 0.296. The highest BCUT2D eigenvalue weighted by molar-refractivity contribution is 5.48. The zero-order valence-corrected chi connectivity index (χ0v) is 22.5. The normalized spacial score (nSPS) is 20.3. The van der Waals surface area contributed by atoms with Crippen LogP contribution in [-0.4, -0.2) is 25.1 Å². The molecule has 2 rings (SSSR count). The van der Waals surface area contributed by atoms with E-state index >= 15 is 0 Å². The van der Waals surface area contributed by atoms with Crippen LogP contribution in [0.5, 0.6) is 0 Å². The number of hydrogen-bond donors (Lipinski definition) is 0. The molecule has 1 aliphatic rings. The van der Waals surface area contributed by atoms with Gasteiger partial charge in [0.25, 0.3) is 0 Å². The monoisotopic (exact) mass is 481 g/mol. The first-order valence-corrected chi connectivity index (χ1v) is 12.4. The molecule has 0 bridgehead atoms. The van der Waals surface area contributed by atoms with Crippen molar-refractivity contribution in [3.63, 3.8) is 0 Å². The molecule has 0 saturated carbocycles. The molecule has 1 saturated heterocycles. The first kappa shape index (κ1) is 28.4. The average Bonchev–Trinajstić information content (AvgIpc) is 3.19. The van der Waals surface area contributed by atoms with E-state index in [0.29, 0.717) is 31.0 Å². The molecule has 1 aromatic rings. The van der Waals surface area contributed by atoms with E-state index in [1.165, 1.54) is 12.1 Å². The van der Waals surface area contributed by atoms with Gasteiger partial charge in [0.2, 0.25) is 0 Å². The fourth-order valence-electron chi connectivity index (χ4n) is 4.61. The average molecular weight is 482 g/mol. The van der Waals surface area contributed by atoms with Gasteiger partial charge in [-0.3, -0.25) is 0 Å². The van der Waals surface area contributed by atoms with E-state index in [-0.39, 0.29) is 11.5 Å². The summed E-state index contributed by atoms with van der Waals surface area (Å²) in [6, 6.07) is 3.00. The summed E-state index contributed by atoms with van der Waals surface area (Å²) in [6.45, 7) is 21.4. The summed E-state index contributed by atoms with van der Waals surface area (Å²) in [7, 11) is 1.67. The lowest BCUT2D eigenvalue weighted by Gasteiger charge is -2.23. The number of nitrogens with zero attached hydrogens (tertiary/aromatic N) is 1. The maximum absolute atomic E-state index is 14.7. The molecule has 0 spiro atoms. The molecule has 0 amide bonds. The molecule has 35 heavy (non-hydrogen) atoms. The van der Waals surface area contributed by atoms with Crippen LogP contribution in [0.2, 0.25) is 0 Å². The molecule has 2 nitrogen and oxygen atoms in total. The van der Waals surface area contributed by atoms with Crippen LogP contribution in [0.15, 0.2) is 83.3 Å². The minimum Gasteiger partial charge on any atom is -0.496 e. The molecule has 190 valence electrons. The second-order valence-corrected chi connectivity index (χ2v) is 9.27. The van der Waals surface area contributed by atoms with Crippen molar-refractivity contribution in [3.8, 4) is 0 Å². The standard InChI is InChI=1S/C31H41F2NO/c1-10-20(5)14-15-30-25(12-3)27(24-16-28(32)26(13-4)29(33)17-24)19-34(30)18-22(7)23(8)31(35-9)21(6)11-2/h10-12,15-17,20,27H,1,7,13-14,18-19H2,2-6,8-9H3/b21-11-,25-12-,30-15-,31-23+. The Hall–Kier alpha value is -2.88. The Kier molecular flexibility index (Phi) is 10.3. The molecule has 1 fully saturated rings. The Morgan fingerprint density at radius 1 is 1.23 bits per heavy atom. The lowest BCUT2D eigenvalue weighted by atomic mass is 9.90. The van der Waals surface area contributed by atoms with E-state index in [9.17, 15) is 8.78 Å². The van der Waals surface area contributed by atoms with Crippen LogP contribution in [0, 0.1) is 17.6 Å². The number of hydrogen-bond acceptors (Lipinski definition) is 2. The zero-order chi connectivity index (χ0) is 26.3. The Bertz CT molecular complexity index is 1050. The molecule has 0 N–H and O–H groups in total. The second-order valence-electron chi connectivity index (χ2n) is 9.27. The molecule has 1 aliphatic heterocycles. The Balaban J connectivity index is 2.52. The predicted octanol–water partition coefficient (Wildman–Crippen LogP) is 8.41. The molecule has 4 heteroatoms. The number of ether oxygens (including phenoxy) is 1. The zero-order valence-electron chi connectivity index (χ0n) is 22.5. The quantitative estimate of drug-likeness (QED) is 0.189. The topological polar surface area (TPSA) is 12.5 Å². The second kappa shape index (κ2) is 12.7. The third kappa shape index (κ3) is 6.42. The number of halogens is 2. The van der Waals surface area contributed by atoms with Gasteiger partial charge in [-0.15, -0.1) is 6.58 Å². The van der Waals surface area contributed by atoms with Crippen LogP contribution in [0.25, 0.3) is 0 Å². The smallest absolute Gasteiger partial charge is 0.129 e.